The number of pyridine rings is 1. The van der Waals surface area contributed by atoms with E-state index in [1.54, 1.807) is 24.5 Å². The van der Waals surface area contributed by atoms with Gasteiger partial charge in [-0.3, -0.25) is 10.1 Å². The Morgan fingerprint density at radius 2 is 2.00 bits per heavy atom. The fraction of sp³-hybridized carbons (Fsp3) is 0.125. The molecule has 3 rings (SSSR count). The molecular weight excluding hydrogens is 292 g/mol. The third kappa shape index (κ3) is 3.41. The molecule has 0 aliphatic heterocycles. The first-order valence-corrected chi connectivity index (χ1v) is 7.10. The summed E-state index contributed by atoms with van der Waals surface area (Å²) in [5.41, 5.74) is 9.40. The Morgan fingerprint density at radius 3 is 2.78 bits per heavy atom. The number of nitrogens with zero attached hydrogens (tertiary/aromatic N) is 4. The van der Waals surface area contributed by atoms with E-state index in [0.29, 0.717) is 34.9 Å². The van der Waals surface area contributed by atoms with E-state index in [1.165, 1.54) is 0 Å². The van der Waals surface area contributed by atoms with Crippen LogP contribution in [0.3, 0.4) is 0 Å². The molecule has 7 heteroatoms. The second-order valence-electron chi connectivity index (χ2n) is 4.96. The number of nitrogens with two attached hydrogens (primary N) is 1. The number of nitrogen functional groups attached to an aromatic ring is 1. The summed E-state index contributed by atoms with van der Waals surface area (Å²) in [5.74, 6) is 0.356. The standard InChI is InChI=1S/C16H16N6O/c17-16-15(21-19-13-6-2-1-5-12(13)10-23)14(20-22-16)8-11-4-3-7-18-9-11/h1-7,9,23H,8,10H2,(H3,17,20,22). The van der Waals surface area contributed by atoms with E-state index in [0.717, 1.165) is 5.56 Å². The maximum Gasteiger partial charge on any atom is 0.151 e. The van der Waals surface area contributed by atoms with E-state index in [4.69, 9.17) is 5.73 Å². The third-order valence-corrected chi connectivity index (χ3v) is 3.35. The molecule has 2 aromatic heterocycles. The molecule has 0 radical (unpaired) electrons. The summed E-state index contributed by atoms with van der Waals surface area (Å²) in [5, 5.41) is 24.6. The van der Waals surface area contributed by atoms with Gasteiger partial charge in [0.15, 0.2) is 5.69 Å². The van der Waals surface area contributed by atoms with Gasteiger partial charge in [-0.2, -0.15) is 5.10 Å². The molecule has 0 aliphatic rings. The van der Waals surface area contributed by atoms with Crippen molar-refractivity contribution in [1.82, 2.24) is 15.2 Å². The number of aromatic amines is 1. The highest BCUT2D eigenvalue weighted by atomic mass is 16.3. The van der Waals surface area contributed by atoms with Crippen molar-refractivity contribution in [2.45, 2.75) is 13.0 Å². The van der Waals surface area contributed by atoms with Gasteiger partial charge < -0.3 is 10.8 Å². The van der Waals surface area contributed by atoms with Gasteiger partial charge in [-0.25, -0.2) is 0 Å². The molecule has 3 aromatic rings. The smallest absolute Gasteiger partial charge is 0.151 e. The lowest BCUT2D eigenvalue weighted by atomic mass is 10.1. The minimum absolute atomic E-state index is 0.0986. The molecule has 7 nitrogen and oxygen atoms in total. The summed E-state index contributed by atoms with van der Waals surface area (Å²) in [6, 6.07) is 11.1. The molecule has 0 saturated heterocycles. The first kappa shape index (κ1) is 14.9. The Bertz CT molecular complexity index is 812. The van der Waals surface area contributed by atoms with Gasteiger partial charge in [0.05, 0.1) is 18.0 Å². The van der Waals surface area contributed by atoms with E-state index < -0.39 is 0 Å². The van der Waals surface area contributed by atoms with E-state index in [2.05, 4.69) is 25.4 Å². The lowest BCUT2D eigenvalue weighted by Crippen LogP contribution is -1.90. The monoisotopic (exact) mass is 308 g/mol. The number of aliphatic hydroxyl groups excluding tert-OH is 1. The number of nitrogens with one attached hydrogen (secondary N) is 1. The van der Waals surface area contributed by atoms with Gasteiger partial charge in [0.2, 0.25) is 0 Å². The molecule has 0 amide bonds. The molecule has 0 atom stereocenters. The minimum atomic E-state index is -0.0986. The zero-order chi connectivity index (χ0) is 16.1. The number of aromatic nitrogens is 3. The van der Waals surface area contributed by atoms with E-state index in [-0.39, 0.29) is 6.61 Å². The van der Waals surface area contributed by atoms with Crippen LogP contribution < -0.4 is 5.73 Å². The van der Waals surface area contributed by atoms with Crippen LogP contribution in [0.2, 0.25) is 0 Å². The van der Waals surface area contributed by atoms with Crippen molar-refractivity contribution in [2.24, 2.45) is 10.2 Å². The zero-order valence-electron chi connectivity index (χ0n) is 12.3. The highest BCUT2D eigenvalue weighted by Crippen LogP contribution is 2.29. The number of azo groups is 1. The van der Waals surface area contributed by atoms with Crippen molar-refractivity contribution in [2.75, 3.05) is 5.73 Å². The summed E-state index contributed by atoms with van der Waals surface area (Å²) in [7, 11) is 0. The van der Waals surface area contributed by atoms with E-state index >= 15 is 0 Å². The fourth-order valence-electron chi connectivity index (χ4n) is 2.17. The van der Waals surface area contributed by atoms with Crippen LogP contribution in [0.25, 0.3) is 0 Å². The average molecular weight is 308 g/mol. The third-order valence-electron chi connectivity index (χ3n) is 3.35. The van der Waals surface area contributed by atoms with Crippen LogP contribution in [0.5, 0.6) is 0 Å². The lowest BCUT2D eigenvalue weighted by Gasteiger charge is -2.01. The van der Waals surface area contributed by atoms with Gasteiger partial charge in [0, 0.05) is 24.4 Å². The Morgan fingerprint density at radius 1 is 1.13 bits per heavy atom. The Hall–Kier alpha value is -3.06. The van der Waals surface area contributed by atoms with Crippen LogP contribution in [-0.4, -0.2) is 20.3 Å². The maximum absolute atomic E-state index is 9.33. The number of hydrogen-bond acceptors (Lipinski definition) is 6. The molecule has 0 spiro atoms. The minimum Gasteiger partial charge on any atom is -0.392 e. The molecule has 0 bridgehead atoms. The van der Waals surface area contributed by atoms with Crippen LogP contribution >= 0.6 is 0 Å². The molecular formula is C16H16N6O. The Labute approximate surface area is 132 Å². The Balaban J connectivity index is 1.88. The second-order valence-corrected chi connectivity index (χ2v) is 4.96. The van der Waals surface area contributed by atoms with Crippen molar-refractivity contribution in [3.05, 3.63) is 65.6 Å². The van der Waals surface area contributed by atoms with Crippen molar-refractivity contribution in [3.8, 4) is 0 Å². The molecule has 1 aromatic carbocycles. The highest BCUT2D eigenvalue weighted by Gasteiger charge is 2.11. The Kier molecular flexibility index (Phi) is 4.39. The summed E-state index contributed by atoms with van der Waals surface area (Å²) in [4.78, 5) is 4.08. The number of hydrogen-bond donors (Lipinski definition) is 3. The van der Waals surface area contributed by atoms with E-state index in [1.807, 2.05) is 24.3 Å². The van der Waals surface area contributed by atoms with Crippen LogP contribution in [0.15, 0.2) is 59.0 Å². The van der Waals surface area contributed by atoms with Crippen LogP contribution in [0.1, 0.15) is 16.8 Å². The number of benzene rings is 1. The summed E-state index contributed by atoms with van der Waals surface area (Å²) in [6.07, 6.45) is 4.04. The zero-order valence-corrected chi connectivity index (χ0v) is 12.3. The molecule has 4 N–H and O–H groups in total. The molecule has 0 aliphatic carbocycles. The summed E-state index contributed by atoms with van der Waals surface area (Å²) >= 11 is 0. The predicted molar refractivity (Wildman–Crippen MR) is 86.6 cm³/mol. The quantitative estimate of drug-likeness (QED) is 0.629. The predicted octanol–water partition coefficient (Wildman–Crippen LogP) is 2.89. The van der Waals surface area contributed by atoms with Gasteiger partial charge in [-0.15, -0.1) is 10.2 Å². The average Bonchev–Trinajstić information content (AvgIpc) is 2.94. The first-order valence-electron chi connectivity index (χ1n) is 7.10. The van der Waals surface area contributed by atoms with E-state index in [9.17, 15) is 5.11 Å². The van der Waals surface area contributed by atoms with Gasteiger partial charge in [0.1, 0.15) is 5.82 Å². The largest absolute Gasteiger partial charge is 0.392 e. The SMILES string of the molecule is Nc1[nH]nc(Cc2cccnc2)c1N=Nc1ccccc1CO. The lowest BCUT2D eigenvalue weighted by molar-refractivity contribution is 0.282. The summed E-state index contributed by atoms with van der Waals surface area (Å²) < 4.78 is 0. The molecule has 2 heterocycles. The molecule has 23 heavy (non-hydrogen) atoms. The van der Waals surface area contributed by atoms with Gasteiger partial charge in [-0.1, -0.05) is 24.3 Å². The van der Waals surface area contributed by atoms with Gasteiger partial charge in [0.25, 0.3) is 0 Å². The van der Waals surface area contributed by atoms with Gasteiger partial charge in [-0.05, 0) is 17.7 Å². The van der Waals surface area contributed by atoms with Gasteiger partial charge >= 0.3 is 0 Å². The normalized spacial score (nSPS) is 11.2. The topological polar surface area (TPSA) is 113 Å². The fourth-order valence-corrected chi connectivity index (χ4v) is 2.17. The number of H-pyrrole nitrogens is 1. The number of rotatable bonds is 5. The maximum atomic E-state index is 9.33. The van der Waals surface area contributed by atoms with Crippen molar-refractivity contribution < 1.29 is 5.11 Å². The van der Waals surface area contributed by atoms with Crippen LogP contribution in [0, 0.1) is 0 Å². The number of aliphatic hydroxyl groups is 1. The summed E-state index contributed by atoms with van der Waals surface area (Å²) in [6.45, 7) is -0.0986. The van der Waals surface area contributed by atoms with Crippen LogP contribution in [-0.2, 0) is 13.0 Å². The number of anilines is 1. The van der Waals surface area contributed by atoms with Crippen LogP contribution in [0.4, 0.5) is 17.2 Å². The first-order chi connectivity index (χ1) is 11.3. The van der Waals surface area contributed by atoms with Crippen molar-refractivity contribution >= 4 is 17.2 Å². The van der Waals surface area contributed by atoms with Crippen molar-refractivity contribution in [1.29, 1.82) is 0 Å². The molecule has 0 fully saturated rings. The van der Waals surface area contributed by atoms with Crippen molar-refractivity contribution in [3.63, 3.8) is 0 Å². The molecule has 0 saturated carbocycles. The second kappa shape index (κ2) is 6.80. The highest BCUT2D eigenvalue weighted by molar-refractivity contribution is 5.61. The molecule has 0 unspecified atom stereocenters. The molecule has 116 valence electrons.